The Hall–Kier alpha value is -2.15. The van der Waals surface area contributed by atoms with E-state index in [1.807, 2.05) is 12.3 Å². The van der Waals surface area contributed by atoms with Crippen molar-refractivity contribution in [1.82, 2.24) is 4.98 Å². The van der Waals surface area contributed by atoms with E-state index >= 15 is 0 Å². The maximum absolute atomic E-state index is 4.60. The van der Waals surface area contributed by atoms with E-state index in [-0.39, 0.29) is 0 Å². The molecule has 1 nitrogen and oxygen atoms in total. The van der Waals surface area contributed by atoms with Gasteiger partial charge in [-0.3, -0.25) is 4.98 Å². The SMILES string of the molecule is CCC(C)C.CCC=CCC1CC=c2ccccc2=C1c1ccccn1. The highest BCUT2D eigenvalue weighted by Crippen LogP contribution is 2.27. The van der Waals surface area contributed by atoms with Crippen LogP contribution in [0.25, 0.3) is 11.6 Å². The maximum Gasteiger partial charge on any atom is 0.0670 e. The highest BCUT2D eigenvalue weighted by Gasteiger charge is 2.18. The smallest absolute Gasteiger partial charge is 0.0670 e. The van der Waals surface area contributed by atoms with Crippen molar-refractivity contribution in [1.29, 1.82) is 0 Å². The van der Waals surface area contributed by atoms with Gasteiger partial charge in [-0.1, -0.05) is 82.7 Å². The summed E-state index contributed by atoms with van der Waals surface area (Å²) < 4.78 is 0. The molecule has 0 bridgehead atoms. The summed E-state index contributed by atoms with van der Waals surface area (Å²) in [5.74, 6) is 1.41. The Balaban J connectivity index is 0.000000431. The maximum atomic E-state index is 4.60. The largest absolute Gasteiger partial charge is 0.257 e. The number of hydrogen-bond donors (Lipinski definition) is 0. The molecule has 1 aliphatic carbocycles. The molecule has 1 heterocycles. The van der Waals surface area contributed by atoms with Crippen molar-refractivity contribution in [2.24, 2.45) is 11.8 Å². The summed E-state index contributed by atoms with van der Waals surface area (Å²) in [4.78, 5) is 4.60. The molecule has 138 valence electrons. The van der Waals surface area contributed by atoms with Gasteiger partial charge in [0.25, 0.3) is 0 Å². The number of allylic oxidation sites excluding steroid dienone is 2. The zero-order valence-corrected chi connectivity index (χ0v) is 16.8. The summed E-state index contributed by atoms with van der Waals surface area (Å²) in [6, 6.07) is 14.9. The number of aromatic nitrogens is 1. The lowest BCUT2D eigenvalue weighted by Gasteiger charge is -2.21. The summed E-state index contributed by atoms with van der Waals surface area (Å²) >= 11 is 0. The van der Waals surface area contributed by atoms with Crippen molar-refractivity contribution in [2.75, 3.05) is 0 Å². The van der Waals surface area contributed by atoms with Crippen LogP contribution in [0.5, 0.6) is 0 Å². The summed E-state index contributed by atoms with van der Waals surface area (Å²) in [5.41, 5.74) is 2.52. The minimum absolute atomic E-state index is 0.526. The van der Waals surface area contributed by atoms with Crippen molar-refractivity contribution in [3.05, 3.63) is 76.9 Å². The van der Waals surface area contributed by atoms with E-state index in [9.17, 15) is 0 Å². The van der Waals surface area contributed by atoms with Crippen molar-refractivity contribution < 1.29 is 0 Å². The highest BCUT2D eigenvalue weighted by molar-refractivity contribution is 5.67. The van der Waals surface area contributed by atoms with Crippen LogP contribution < -0.4 is 10.4 Å². The summed E-state index contributed by atoms with van der Waals surface area (Å²) in [7, 11) is 0. The first kappa shape index (κ1) is 20.2. The normalized spacial score (nSPS) is 16.0. The molecule has 1 heteroatoms. The molecule has 2 aromatic rings. The first-order chi connectivity index (χ1) is 12.7. The molecule has 1 aromatic heterocycles. The van der Waals surface area contributed by atoms with Crippen LogP contribution in [-0.2, 0) is 0 Å². The summed E-state index contributed by atoms with van der Waals surface area (Å²) in [6.07, 6.45) is 13.4. The van der Waals surface area contributed by atoms with Crippen LogP contribution in [0, 0.1) is 11.8 Å². The Bertz CT molecular complexity index is 800. The lowest BCUT2D eigenvalue weighted by atomic mass is 9.84. The fourth-order valence-corrected chi connectivity index (χ4v) is 3.04. The van der Waals surface area contributed by atoms with Gasteiger partial charge in [0.2, 0.25) is 0 Å². The van der Waals surface area contributed by atoms with E-state index in [0.29, 0.717) is 5.92 Å². The predicted octanol–water partition coefficient (Wildman–Crippen LogP) is 5.49. The molecular weight excluding hydrogens is 314 g/mol. The first-order valence-corrected chi connectivity index (χ1v) is 10.0. The molecular formula is C25H33N. The molecule has 1 aliphatic rings. The number of hydrogen-bond acceptors (Lipinski definition) is 1. The fraction of sp³-hybridized carbons (Fsp3) is 0.400. The van der Waals surface area contributed by atoms with Crippen LogP contribution in [0.15, 0.2) is 60.8 Å². The number of pyridine rings is 1. The standard InChI is InChI=1S/C20H21N.C5H12/c1-2-3-4-10-17-14-13-16-9-5-6-11-18(16)20(17)19-12-7-8-15-21-19;1-4-5(2)3/h3-9,11-13,15,17H,2,10,14H2,1H3;5H,4H2,1-3H3. The number of rotatable bonds is 5. The van der Waals surface area contributed by atoms with Crippen LogP contribution in [0.4, 0.5) is 0 Å². The molecule has 0 radical (unpaired) electrons. The highest BCUT2D eigenvalue weighted by atomic mass is 14.7. The first-order valence-electron chi connectivity index (χ1n) is 10.0. The molecule has 1 aromatic carbocycles. The van der Waals surface area contributed by atoms with Crippen LogP contribution >= 0.6 is 0 Å². The van der Waals surface area contributed by atoms with Gasteiger partial charge in [0, 0.05) is 6.20 Å². The van der Waals surface area contributed by atoms with Gasteiger partial charge in [-0.15, -0.1) is 0 Å². The Labute approximate surface area is 159 Å². The lowest BCUT2D eigenvalue weighted by molar-refractivity contribution is 0.626. The van der Waals surface area contributed by atoms with E-state index in [0.717, 1.165) is 30.9 Å². The van der Waals surface area contributed by atoms with Crippen LogP contribution in [0.3, 0.4) is 0 Å². The predicted molar refractivity (Wildman–Crippen MR) is 114 cm³/mol. The van der Waals surface area contributed by atoms with E-state index in [2.05, 4.69) is 87.3 Å². The molecule has 0 aliphatic heterocycles. The van der Waals surface area contributed by atoms with Gasteiger partial charge in [-0.05, 0) is 59.2 Å². The molecule has 1 atom stereocenters. The number of benzene rings is 1. The van der Waals surface area contributed by atoms with Crippen LogP contribution in [0.1, 0.15) is 59.1 Å². The Kier molecular flexibility index (Phi) is 8.34. The van der Waals surface area contributed by atoms with Gasteiger partial charge in [0.05, 0.1) is 5.69 Å². The van der Waals surface area contributed by atoms with E-state index in [1.165, 1.54) is 22.4 Å². The van der Waals surface area contributed by atoms with Gasteiger partial charge >= 0.3 is 0 Å². The zero-order chi connectivity index (χ0) is 18.8. The summed E-state index contributed by atoms with van der Waals surface area (Å²) in [6.45, 7) is 8.83. The quantitative estimate of drug-likeness (QED) is 0.652. The Morgan fingerprint density at radius 2 is 1.77 bits per heavy atom. The summed E-state index contributed by atoms with van der Waals surface area (Å²) in [5, 5.41) is 2.69. The molecule has 1 unspecified atom stereocenters. The van der Waals surface area contributed by atoms with Crippen molar-refractivity contribution in [3.8, 4) is 0 Å². The van der Waals surface area contributed by atoms with E-state index < -0.39 is 0 Å². The molecule has 0 spiro atoms. The van der Waals surface area contributed by atoms with Gasteiger partial charge in [-0.25, -0.2) is 0 Å². The van der Waals surface area contributed by atoms with Crippen LogP contribution in [0.2, 0.25) is 0 Å². The third-order valence-corrected chi connectivity index (χ3v) is 4.86. The Morgan fingerprint density at radius 3 is 2.42 bits per heavy atom. The van der Waals surface area contributed by atoms with Crippen molar-refractivity contribution >= 4 is 11.6 Å². The monoisotopic (exact) mass is 347 g/mol. The van der Waals surface area contributed by atoms with E-state index in [4.69, 9.17) is 0 Å². The van der Waals surface area contributed by atoms with Gasteiger partial charge in [0.1, 0.15) is 0 Å². The average Bonchev–Trinajstić information content (AvgIpc) is 2.69. The molecule has 0 N–H and O–H groups in total. The second kappa shape index (κ2) is 10.8. The fourth-order valence-electron chi connectivity index (χ4n) is 3.04. The minimum Gasteiger partial charge on any atom is -0.257 e. The second-order valence-corrected chi connectivity index (χ2v) is 7.27. The van der Waals surface area contributed by atoms with Gasteiger partial charge in [-0.2, -0.15) is 0 Å². The van der Waals surface area contributed by atoms with Crippen molar-refractivity contribution in [2.45, 2.75) is 53.4 Å². The van der Waals surface area contributed by atoms with Crippen LogP contribution in [-0.4, -0.2) is 4.98 Å². The average molecular weight is 348 g/mol. The molecule has 26 heavy (non-hydrogen) atoms. The topological polar surface area (TPSA) is 12.9 Å². The Morgan fingerprint density at radius 1 is 1.04 bits per heavy atom. The third-order valence-electron chi connectivity index (χ3n) is 4.86. The van der Waals surface area contributed by atoms with Gasteiger partial charge in [0.15, 0.2) is 0 Å². The second-order valence-electron chi connectivity index (χ2n) is 7.27. The molecule has 0 saturated heterocycles. The number of fused-ring (bicyclic) bond motifs is 1. The molecule has 3 rings (SSSR count). The zero-order valence-electron chi connectivity index (χ0n) is 16.8. The third kappa shape index (κ3) is 5.69. The number of nitrogens with zero attached hydrogens (tertiary/aromatic N) is 1. The van der Waals surface area contributed by atoms with E-state index in [1.54, 1.807) is 0 Å². The lowest BCUT2D eigenvalue weighted by Crippen LogP contribution is -2.33. The molecule has 0 fully saturated rings. The molecule has 0 saturated carbocycles. The van der Waals surface area contributed by atoms with Gasteiger partial charge < -0.3 is 0 Å². The molecule has 0 amide bonds. The van der Waals surface area contributed by atoms with Crippen molar-refractivity contribution in [3.63, 3.8) is 0 Å². The minimum atomic E-state index is 0.526.